The number of rotatable bonds is 2. The topological polar surface area (TPSA) is 34.2 Å². The van der Waals surface area contributed by atoms with Crippen LogP contribution in [0, 0.1) is 0 Å². The second-order valence-electron chi connectivity index (χ2n) is 6.40. The van der Waals surface area contributed by atoms with Crippen LogP contribution in [0.3, 0.4) is 0 Å². The van der Waals surface area contributed by atoms with Crippen LogP contribution in [-0.4, -0.2) is 23.3 Å². The molecule has 1 fully saturated rings. The number of alkyl halides is 2. The van der Waals surface area contributed by atoms with E-state index in [2.05, 4.69) is 4.98 Å². The molecule has 1 aromatic carbocycles. The maximum atomic E-state index is 13.4. The number of hydrogen-bond acceptors (Lipinski definition) is 2. The zero-order chi connectivity index (χ0) is 15.4. The molecule has 21 heavy (non-hydrogen) atoms. The van der Waals surface area contributed by atoms with Crippen molar-refractivity contribution in [3.63, 3.8) is 0 Å². The zero-order valence-corrected chi connectivity index (χ0v) is 12.5. The van der Waals surface area contributed by atoms with Gasteiger partial charge in [0.1, 0.15) is 0 Å². The van der Waals surface area contributed by atoms with Gasteiger partial charge in [-0.3, -0.25) is 0 Å². The molecule has 1 saturated heterocycles. The van der Waals surface area contributed by atoms with Crippen molar-refractivity contribution in [3.8, 4) is 0 Å². The van der Waals surface area contributed by atoms with Crippen LogP contribution >= 0.6 is 0 Å². The van der Waals surface area contributed by atoms with Gasteiger partial charge in [-0.05, 0) is 39.1 Å². The maximum absolute atomic E-state index is 13.4. The Hall–Kier alpha value is -1.40. The first kappa shape index (κ1) is 14.5. The van der Waals surface area contributed by atoms with Crippen molar-refractivity contribution in [1.82, 2.24) is 4.98 Å². The normalized spacial score (nSPS) is 20.6. The van der Waals surface area contributed by atoms with Crippen molar-refractivity contribution in [2.24, 2.45) is 0 Å². The minimum absolute atomic E-state index is 0.0524. The quantitative estimate of drug-likeness (QED) is 0.861. The molecule has 112 valence electrons. The van der Waals surface area contributed by atoms with E-state index >= 15 is 0 Å². The third kappa shape index (κ3) is 2.17. The average Bonchev–Trinajstić information content (AvgIpc) is 2.90. The number of nitrogens with one attached hydrogen (secondary N) is 1. The van der Waals surface area contributed by atoms with Crippen LogP contribution in [0.25, 0.3) is 10.9 Å². The van der Waals surface area contributed by atoms with Gasteiger partial charge in [0.2, 0.25) is 0 Å². The number of aromatic nitrogens is 1. The molecule has 1 N–H and O–H groups in total. The molecule has 2 heterocycles. The molecule has 0 unspecified atom stereocenters. The van der Waals surface area contributed by atoms with Gasteiger partial charge in [-0.1, -0.05) is 12.1 Å². The number of aromatic amines is 1. The first-order valence-electron chi connectivity index (χ1n) is 6.96. The van der Waals surface area contributed by atoms with Crippen molar-refractivity contribution in [1.29, 1.82) is 0 Å². The standard InChI is InChI=1S/C15H18BF2NO2/c1-14(2)15(3,4)21-16(20-14)11-10(13(17)18)6-5-9-7-8-19-12(9)11/h5-8,13,19H,1-4H3. The molecule has 0 aliphatic carbocycles. The van der Waals surface area contributed by atoms with E-state index in [0.717, 1.165) is 5.39 Å². The minimum atomic E-state index is -2.58. The second kappa shape index (κ2) is 4.55. The summed E-state index contributed by atoms with van der Waals surface area (Å²) in [6.07, 6.45) is -0.846. The number of H-pyrrole nitrogens is 1. The lowest BCUT2D eigenvalue weighted by Crippen LogP contribution is -2.41. The highest BCUT2D eigenvalue weighted by Gasteiger charge is 2.53. The predicted octanol–water partition coefficient (Wildman–Crippen LogP) is 3.40. The summed E-state index contributed by atoms with van der Waals surface area (Å²) < 4.78 is 38.6. The van der Waals surface area contributed by atoms with Crippen LogP contribution in [-0.2, 0) is 9.31 Å². The molecule has 0 amide bonds. The molecule has 0 spiro atoms. The lowest BCUT2D eigenvalue weighted by Gasteiger charge is -2.32. The lowest BCUT2D eigenvalue weighted by atomic mass is 9.74. The third-order valence-corrected chi connectivity index (χ3v) is 4.53. The SMILES string of the molecule is CC1(C)OB(c2c(C(F)F)ccc3cc[nH]c23)OC1(C)C. The fraction of sp³-hybridized carbons (Fsp3) is 0.467. The van der Waals surface area contributed by atoms with Gasteiger partial charge >= 0.3 is 7.12 Å². The molecule has 1 aliphatic heterocycles. The Morgan fingerprint density at radius 2 is 1.67 bits per heavy atom. The van der Waals surface area contributed by atoms with E-state index in [0.29, 0.717) is 11.0 Å². The monoisotopic (exact) mass is 293 g/mol. The Morgan fingerprint density at radius 1 is 1.05 bits per heavy atom. The van der Waals surface area contributed by atoms with Gasteiger partial charge in [0, 0.05) is 22.7 Å². The first-order chi connectivity index (χ1) is 9.73. The van der Waals surface area contributed by atoms with Crippen LogP contribution in [0.15, 0.2) is 24.4 Å². The van der Waals surface area contributed by atoms with Gasteiger partial charge in [0.05, 0.1) is 11.2 Å². The zero-order valence-electron chi connectivity index (χ0n) is 12.5. The van der Waals surface area contributed by atoms with Crippen molar-refractivity contribution >= 4 is 23.5 Å². The molecule has 1 aromatic heterocycles. The minimum Gasteiger partial charge on any atom is -0.399 e. The van der Waals surface area contributed by atoms with Gasteiger partial charge in [-0.2, -0.15) is 0 Å². The fourth-order valence-corrected chi connectivity index (χ4v) is 2.57. The highest BCUT2D eigenvalue weighted by Crippen LogP contribution is 2.38. The molecule has 1 aliphatic rings. The van der Waals surface area contributed by atoms with Crippen LogP contribution in [0.4, 0.5) is 8.78 Å². The predicted molar refractivity (Wildman–Crippen MR) is 79.0 cm³/mol. The molecule has 3 rings (SSSR count). The summed E-state index contributed by atoms with van der Waals surface area (Å²) in [5, 5.41) is 0.865. The van der Waals surface area contributed by atoms with Crippen LogP contribution < -0.4 is 5.46 Å². The fourth-order valence-electron chi connectivity index (χ4n) is 2.57. The summed E-state index contributed by atoms with van der Waals surface area (Å²) in [4.78, 5) is 3.02. The van der Waals surface area contributed by atoms with E-state index in [1.807, 2.05) is 33.8 Å². The summed E-state index contributed by atoms with van der Waals surface area (Å²) in [7, 11) is -0.804. The van der Waals surface area contributed by atoms with E-state index < -0.39 is 24.7 Å². The van der Waals surface area contributed by atoms with Crippen molar-refractivity contribution in [3.05, 3.63) is 30.0 Å². The van der Waals surface area contributed by atoms with Crippen molar-refractivity contribution in [2.75, 3.05) is 0 Å². The average molecular weight is 293 g/mol. The van der Waals surface area contributed by atoms with Gasteiger partial charge in [0.15, 0.2) is 0 Å². The number of fused-ring (bicyclic) bond motifs is 1. The molecule has 2 aromatic rings. The van der Waals surface area contributed by atoms with E-state index in [9.17, 15) is 8.78 Å². The van der Waals surface area contributed by atoms with E-state index in [1.54, 1.807) is 12.3 Å². The summed E-state index contributed by atoms with van der Waals surface area (Å²) in [6, 6.07) is 4.97. The smallest absolute Gasteiger partial charge is 0.399 e. The Labute approximate surface area is 122 Å². The lowest BCUT2D eigenvalue weighted by molar-refractivity contribution is 0.00578. The summed E-state index contributed by atoms with van der Waals surface area (Å²) in [6.45, 7) is 7.63. The highest BCUT2D eigenvalue weighted by molar-refractivity contribution is 6.65. The van der Waals surface area contributed by atoms with Gasteiger partial charge in [0.25, 0.3) is 6.43 Å². The molecular formula is C15H18BF2NO2. The number of halogens is 2. The number of benzene rings is 1. The van der Waals surface area contributed by atoms with Gasteiger partial charge in [-0.25, -0.2) is 8.78 Å². The van der Waals surface area contributed by atoms with Crippen LogP contribution in [0.2, 0.25) is 0 Å². The van der Waals surface area contributed by atoms with E-state index in [1.165, 1.54) is 6.07 Å². The Balaban J connectivity index is 2.16. The van der Waals surface area contributed by atoms with Gasteiger partial charge < -0.3 is 14.3 Å². The third-order valence-electron chi connectivity index (χ3n) is 4.53. The Kier molecular flexibility index (Phi) is 3.15. The molecular weight excluding hydrogens is 275 g/mol. The van der Waals surface area contributed by atoms with Crippen molar-refractivity contribution in [2.45, 2.75) is 45.3 Å². The van der Waals surface area contributed by atoms with E-state index in [4.69, 9.17) is 9.31 Å². The maximum Gasteiger partial charge on any atom is 0.497 e. The molecule has 6 heteroatoms. The molecule has 0 radical (unpaired) electrons. The number of hydrogen-bond donors (Lipinski definition) is 1. The molecule has 0 saturated carbocycles. The van der Waals surface area contributed by atoms with Crippen molar-refractivity contribution < 1.29 is 18.1 Å². The largest absolute Gasteiger partial charge is 0.497 e. The van der Waals surface area contributed by atoms with Gasteiger partial charge in [-0.15, -0.1) is 0 Å². The Morgan fingerprint density at radius 3 is 2.24 bits per heavy atom. The van der Waals surface area contributed by atoms with Crippen LogP contribution in [0.5, 0.6) is 0 Å². The highest BCUT2D eigenvalue weighted by atomic mass is 19.3. The molecule has 0 bridgehead atoms. The summed E-state index contributed by atoms with van der Waals surface area (Å²) in [5.41, 5.74) is -0.140. The summed E-state index contributed by atoms with van der Waals surface area (Å²) >= 11 is 0. The second-order valence-corrected chi connectivity index (χ2v) is 6.40. The molecule has 0 atom stereocenters. The summed E-state index contributed by atoms with van der Waals surface area (Å²) in [5.74, 6) is 0. The Bertz CT molecular complexity index is 665. The van der Waals surface area contributed by atoms with Crippen LogP contribution in [0.1, 0.15) is 39.7 Å². The van der Waals surface area contributed by atoms with E-state index in [-0.39, 0.29) is 5.56 Å². The molecule has 3 nitrogen and oxygen atoms in total. The first-order valence-corrected chi connectivity index (χ1v) is 6.96.